The molecule has 2 aliphatic rings. The molecule has 1 fully saturated rings. The first kappa shape index (κ1) is 23.7. The van der Waals surface area contributed by atoms with Gasteiger partial charge < -0.3 is 20.3 Å². The van der Waals surface area contributed by atoms with Crippen molar-refractivity contribution in [2.24, 2.45) is 10.8 Å². The number of nitrogens with zero attached hydrogens (tertiary/aromatic N) is 4. The molecule has 0 aliphatic carbocycles. The first-order chi connectivity index (χ1) is 14.6. The lowest BCUT2D eigenvalue weighted by Crippen LogP contribution is -2.52. The number of hydrogen-bond donors (Lipinski definition) is 1. The summed E-state index contributed by atoms with van der Waals surface area (Å²) in [6.45, 7) is 0.588. The van der Waals surface area contributed by atoms with Crippen molar-refractivity contribution in [2.75, 3.05) is 51.3 Å². The van der Waals surface area contributed by atoms with Crippen molar-refractivity contribution in [2.45, 2.75) is 17.6 Å². The van der Waals surface area contributed by atoms with Crippen LogP contribution in [-0.4, -0.2) is 85.5 Å². The normalized spacial score (nSPS) is 22.1. The Bertz CT molecular complexity index is 862. The maximum atomic E-state index is 14.3. The Labute approximate surface area is 186 Å². The van der Waals surface area contributed by atoms with E-state index in [0.717, 1.165) is 11.1 Å². The van der Waals surface area contributed by atoms with Gasteiger partial charge in [-0.1, -0.05) is 11.6 Å². The van der Waals surface area contributed by atoms with Crippen molar-refractivity contribution < 1.29 is 27.1 Å². The minimum absolute atomic E-state index is 0.147. The quantitative estimate of drug-likeness (QED) is 0.511. The van der Waals surface area contributed by atoms with E-state index < -0.39 is 35.0 Å². The van der Waals surface area contributed by atoms with E-state index in [9.17, 15) is 22.4 Å². The smallest absolute Gasteiger partial charge is 0.432 e. The average Bonchev–Trinajstić information content (AvgIpc) is 3.03. The molecule has 0 saturated carbocycles. The number of carbonyl (C=O) groups excluding carboxylic acids is 1. The maximum Gasteiger partial charge on any atom is 0.432 e. The van der Waals surface area contributed by atoms with Crippen LogP contribution in [0, 0.1) is 5.82 Å². The Morgan fingerprint density at radius 2 is 1.94 bits per heavy atom. The number of amides is 1. The molecule has 31 heavy (non-hydrogen) atoms. The van der Waals surface area contributed by atoms with Gasteiger partial charge in [-0.05, 0) is 6.07 Å². The lowest BCUT2D eigenvalue weighted by Gasteiger charge is -2.37. The third kappa shape index (κ3) is 4.93. The molecule has 2 heterocycles. The molecule has 172 valence electrons. The van der Waals surface area contributed by atoms with Crippen LogP contribution >= 0.6 is 23.2 Å². The van der Waals surface area contributed by atoms with Gasteiger partial charge in [0.25, 0.3) is 0 Å². The highest BCUT2D eigenvalue weighted by Crippen LogP contribution is 2.33. The molecule has 1 saturated heterocycles. The van der Waals surface area contributed by atoms with Crippen LogP contribution in [0.25, 0.3) is 0 Å². The molecule has 1 aromatic carbocycles. The van der Waals surface area contributed by atoms with E-state index >= 15 is 0 Å². The van der Waals surface area contributed by atoms with Gasteiger partial charge in [-0.25, -0.2) is 4.39 Å². The Kier molecular flexibility index (Phi) is 7.07. The molecule has 1 aromatic rings. The monoisotopic (exact) mass is 485 g/mol. The molecule has 7 nitrogen and oxygen atoms in total. The molecule has 3 rings (SSSR count). The standard InChI is InChI=1S/C18H21Cl2F4N5O2/c1-31-14-7-12(11(21)6-10(14)19)27-2-4-28(5-3-27)15(30)9-29-13(8-25)16(20)17(26-29)18(22,23)24/h6-7,13,16H,2-5,8-9,25H2,1H3. The van der Waals surface area contributed by atoms with Crippen molar-refractivity contribution in [3.63, 3.8) is 0 Å². The molecular weight excluding hydrogens is 465 g/mol. The van der Waals surface area contributed by atoms with Crippen LogP contribution in [-0.2, 0) is 4.79 Å². The molecule has 0 aromatic heterocycles. The fourth-order valence-electron chi connectivity index (χ4n) is 3.56. The number of benzene rings is 1. The molecule has 2 atom stereocenters. The van der Waals surface area contributed by atoms with E-state index in [4.69, 9.17) is 33.7 Å². The molecule has 0 spiro atoms. The van der Waals surface area contributed by atoms with Gasteiger partial charge in [0.15, 0.2) is 5.71 Å². The van der Waals surface area contributed by atoms with Gasteiger partial charge in [-0.15, -0.1) is 11.6 Å². The van der Waals surface area contributed by atoms with Crippen molar-refractivity contribution in [1.82, 2.24) is 9.91 Å². The van der Waals surface area contributed by atoms with Gasteiger partial charge in [0.05, 0.1) is 23.9 Å². The van der Waals surface area contributed by atoms with Crippen molar-refractivity contribution in [3.05, 3.63) is 23.0 Å². The largest absolute Gasteiger partial charge is 0.495 e. The van der Waals surface area contributed by atoms with Crippen molar-refractivity contribution in [1.29, 1.82) is 0 Å². The number of rotatable bonds is 5. The van der Waals surface area contributed by atoms with E-state index in [-0.39, 0.29) is 31.2 Å². The fraction of sp³-hybridized carbons (Fsp3) is 0.556. The number of methoxy groups -OCH3 is 1. The van der Waals surface area contributed by atoms with Crippen LogP contribution in [0.4, 0.5) is 23.2 Å². The predicted octanol–water partition coefficient (Wildman–Crippen LogP) is 2.30. The number of hydrogen-bond acceptors (Lipinski definition) is 6. The Hall–Kier alpha value is -1.98. The lowest BCUT2D eigenvalue weighted by atomic mass is 10.1. The van der Waals surface area contributed by atoms with Gasteiger partial charge in [0.2, 0.25) is 5.91 Å². The van der Waals surface area contributed by atoms with E-state index in [1.54, 1.807) is 4.90 Å². The summed E-state index contributed by atoms with van der Waals surface area (Å²) in [6, 6.07) is 1.71. The number of piperazine rings is 1. The van der Waals surface area contributed by atoms with Gasteiger partial charge in [0.1, 0.15) is 23.5 Å². The molecule has 2 aliphatic heterocycles. The Morgan fingerprint density at radius 1 is 1.29 bits per heavy atom. The van der Waals surface area contributed by atoms with Gasteiger partial charge in [-0.2, -0.15) is 18.3 Å². The number of anilines is 1. The zero-order valence-electron chi connectivity index (χ0n) is 16.5. The minimum atomic E-state index is -4.70. The number of hydrazone groups is 1. The minimum Gasteiger partial charge on any atom is -0.495 e. The van der Waals surface area contributed by atoms with Crippen LogP contribution in [0.3, 0.4) is 0 Å². The molecule has 0 radical (unpaired) electrons. The third-order valence-corrected chi connectivity index (χ3v) is 6.03. The highest BCUT2D eigenvalue weighted by atomic mass is 35.5. The number of ether oxygens (including phenoxy) is 1. The summed E-state index contributed by atoms with van der Waals surface area (Å²) >= 11 is 11.8. The second-order valence-corrected chi connectivity index (χ2v) is 7.97. The van der Waals surface area contributed by atoms with E-state index in [2.05, 4.69) is 5.10 Å². The summed E-state index contributed by atoms with van der Waals surface area (Å²) < 4.78 is 58.7. The van der Waals surface area contributed by atoms with Gasteiger partial charge >= 0.3 is 6.18 Å². The molecule has 1 amide bonds. The Balaban J connectivity index is 1.64. The number of nitrogens with two attached hydrogens (primary N) is 1. The lowest BCUT2D eigenvalue weighted by molar-refractivity contribution is -0.133. The molecule has 13 heteroatoms. The number of carbonyl (C=O) groups is 1. The van der Waals surface area contributed by atoms with E-state index in [1.165, 1.54) is 18.1 Å². The summed E-state index contributed by atoms with van der Waals surface area (Å²) in [4.78, 5) is 15.9. The molecule has 2 unspecified atom stereocenters. The highest BCUT2D eigenvalue weighted by Gasteiger charge is 2.49. The van der Waals surface area contributed by atoms with Crippen LogP contribution in [0.5, 0.6) is 5.75 Å². The molecule has 0 bridgehead atoms. The second kappa shape index (κ2) is 9.25. The van der Waals surface area contributed by atoms with E-state index in [1.807, 2.05) is 0 Å². The summed E-state index contributed by atoms with van der Waals surface area (Å²) in [7, 11) is 1.42. The van der Waals surface area contributed by atoms with Crippen LogP contribution < -0.4 is 15.4 Å². The molecule has 2 N–H and O–H groups in total. The molecular formula is C18H21Cl2F4N5O2. The maximum absolute atomic E-state index is 14.3. The van der Waals surface area contributed by atoms with E-state index in [0.29, 0.717) is 24.5 Å². The fourth-order valence-corrected chi connectivity index (χ4v) is 4.19. The predicted molar refractivity (Wildman–Crippen MR) is 109 cm³/mol. The van der Waals surface area contributed by atoms with Crippen LogP contribution in [0.15, 0.2) is 17.2 Å². The topological polar surface area (TPSA) is 74.4 Å². The zero-order chi connectivity index (χ0) is 22.9. The first-order valence-corrected chi connectivity index (χ1v) is 10.2. The van der Waals surface area contributed by atoms with Gasteiger partial charge in [-0.3, -0.25) is 9.80 Å². The second-order valence-electron chi connectivity index (χ2n) is 7.09. The SMILES string of the molecule is COc1cc(N2CCN(C(=O)CN3N=C(C(F)(F)F)C(Cl)C3CN)CC2)c(F)cc1Cl. The van der Waals surface area contributed by atoms with Crippen LogP contribution in [0.2, 0.25) is 5.02 Å². The summed E-state index contributed by atoms with van der Waals surface area (Å²) in [5.41, 5.74) is 4.69. The van der Waals surface area contributed by atoms with Crippen molar-refractivity contribution in [3.8, 4) is 5.75 Å². The zero-order valence-corrected chi connectivity index (χ0v) is 18.0. The number of halogens is 6. The third-order valence-electron chi connectivity index (χ3n) is 5.24. The van der Waals surface area contributed by atoms with Crippen molar-refractivity contribution >= 4 is 40.5 Å². The van der Waals surface area contributed by atoms with Crippen LogP contribution in [0.1, 0.15) is 0 Å². The summed E-state index contributed by atoms with van der Waals surface area (Å²) in [6.07, 6.45) is -4.70. The summed E-state index contributed by atoms with van der Waals surface area (Å²) in [5, 5.41) is 3.21. The first-order valence-electron chi connectivity index (χ1n) is 9.39. The summed E-state index contributed by atoms with van der Waals surface area (Å²) in [5.74, 6) is -0.605. The number of alkyl halides is 4. The highest BCUT2D eigenvalue weighted by molar-refractivity contribution is 6.34. The van der Waals surface area contributed by atoms with Gasteiger partial charge in [0, 0.05) is 38.8 Å². The average molecular weight is 486 g/mol. The Morgan fingerprint density at radius 3 is 2.48 bits per heavy atom.